The van der Waals surface area contributed by atoms with Crippen LogP contribution < -0.4 is 19.9 Å². The van der Waals surface area contributed by atoms with E-state index in [-0.39, 0.29) is 13.4 Å². The molecule has 2 N–H and O–H groups in total. The number of fused-ring (bicyclic) bond motifs is 1. The van der Waals surface area contributed by atoms with E-state index in [9.17, 15) is 4.79 Å². The average molecular weight is 378 g/mol. The first-order valence-corrected chi connectivity index (χ1v) is 9.00. The van der Waals surface area contributed by atoms with Crippen molar-refractivity contribution in [1.82, 2.24) is 14.8 Å². The number of primary amides is 1. The summed E-state index contributed by atoms with van der Waals surface area (Å²) in [5.41, 5.74) is 5.62. The van der Waals surface area contributed by atoms with Gasteiger partial charge in [-0.05, 0) is 37.1 Å². The molecule has 2 heterocycles. The number of nitrogens with zero attached hydrogens (tertiary/aromatic N) is 3. The maximum absolute atomic E-state index is 12.1. The number of aromatic nitrogens is 3. The third kappa shape index (κ3) is 2.74. The van der Waals surface area contributed by atoms with Crippen LogP contribution >= 0.6 is 0 Å². The van der Waals surface area contributed by atoms with Crippen molar-refractivity contribution in [2.45, 2.75) is 24.9 Å². The van der Waals surface area contributed by atoms with Gasteiger partial charge in [-0.1, -0.05) is 18.2 Å². The average Bonchev–Trinajstić information content (AvgIpc) is 3.20. The van der Waals surface area contributed by atoms with E-state index >= 15 is 0 Å². The first kappa shape index (κ1) is 16.6. The fourth-order valence-corrected chi connectivity index (χ4v) is 3.29. The molecular formula is C20H18N4O4. The smallest absolute Gasteiger partial charge is 0.231 e. The molecule has 0 radical (unpaired) electrons. The lowest BCUT2D eigenvalue weighted by Crippen LogP contribution is -2.31. The highest BCUT2D eigenvalue weighted by Gasteiger charge is 2.54. The summed E-state index contributed by atoms with van der Waals surface area (Å²) in [5.74, 6) is 2.64. The second kappa shape index (κ2) is 6.26. The van der Waals surface area contributed by atoms with Crippen molar-refractivity contribution in [2.75, 3.05) is 6.79 Å². The predicted octanol–water partition coefficient (Wildman–Crippen LogP) is 2.09. The van der Waals surface area contributed by atoms with Crippen molar-refractivity contribution >= 4 is 5.91 Å². The molecule has 2 aliphatic rings. The molecule has 8 heteroatoms. The minimum atomic E-state index is -0.783. The quantitative estimate of drug-likeness (QED) is 0.705. The molecule has 0 spiro atoms. The van der Waals surface area contributed by atoms with Crippen LogP contribution in [0.2, 0.25) is 0 Å². The zero-order chi connectivity index (χ0) is 19.1. The van der Waals surface area contributed by atoms with Crippen molar-refractivity contribution in [3.63, 3.8) is 0 Å². The second-order valence-electron chi connectivity index (χ2n) is 6.85. The number of hydrogen-bond donors (Lipinski definition) is 1. The highest BCUT2D eigenvalue weighted by atomic mass is 16.7. The van der Waals surface area contributed by atoms with Crippen LogP contribution in [-0.2, 0) is 16.8 Å². The Labute approximate surface area is 160 Å². The lowest BCUT2D eigenvalue weighted by molar-refractivity contribution is -0.120. The van der Waals surface area contributed by atoms with Gasteiger partial charge in [-0.15, -0.1) is 5.10 Å². The van der Waals surface area contributed by atoms with E-state index in [1.165, 1.54) is 0 Å². The summed E-state index contributed by atoms with van der Waals surface area (Å²) in [6, 6.07) is 14.9. The molecule has 1 saturated carbocycles. The molecule has 1 aliphatic carbocycles. The standard InChI is InChI=1S/C20H18N4O4/c21-18(25)20(8-9-20)19-22-17(11-26-14-4-2-1-3-5-14)23-24(19)13-6-7-15-16(10-13)28-12-27-15/h1-7,10H,8-9,11-12H2,(H2,21,25). The van der Waals surface area contributed by atoms with Crippen molar-refractivity contribution in [1.29, 1.82) is 0 Å². The topological polar surface area (TPSA) is 101 Å². The maximum Gasteiger partial charge on any atom is 0.231 e. The van der Waals surface area contributed by atoms with Crippen molar-refractivity contribution in [3.8, 4) is 22.9 Å². The number of rotatable bonds is 6. The van der Waals surface area contributed by atoms with Gasteiger partial charge >= 0.3 is 0 Å². The summed E-state index contributed by atoms with van der Waals surface area (Å²) in [5, 5.41) is 4.59. The van der Waals surface area contributed by atoms with Gasteiger partial charge < -0.3 is 19.9 Å². The van der Waals surface area contributed by atoms with Gasteiger partial charge in [-0.2, -0.15) is 0 Å². The molecule has 3 aromatic rings. The molecule has 1 fully saturated rings. The largest absolute Gasteiger partial charge is 0.486 e. The summed E-state index contributed by atoms with van der Waals surface area (Å²) in [4.78, 5) is 16.7. The second-order valence-corrected chi connectivity index (χ2v) is 6.85. The molecule has 0 saturated heterocycles. The first-order valence-electron chi connectivity index (χ1n) is 9.00. The van der Waals surface area contributed by atoms with E-state index in [1.54, 1.807) is 4.68 Å². The number of carbonyl (C=O) groups is 1. The first-order chi connectivity index (χ1) is 13.7. The minimum Gasteiger partial charge on any atom is -0.486 e. The van der Waals surface area contributed by atoms with Crippen molar-refractivity contribution in [2.24, 2.45) is 5.73 Å². The summed E-state index contributed by atoms with van der Waals surface area (Å²) in [6.07, 6.45) is 1.31. The normalized spacial score (nSPS) is 16.0. The Bertz CT molecular complexity index is 1040. The Balaban J connectivity index is 1.51. The van der Waals surface area contributed by atoms with Crippen LogP contribution in [0.1, 0.15) is 24.5 Å². The van der Waals surface area contributed by atoms with Crippen LogP contribution in [0.5, 0.6) is 17.2 Å². The zero-order valence-corrected chi connectivity index (χ0v) is 15.0. The highest BCUT2D eigenvalue weighted by molar-refractivity contribution is 5.89. The molecule has 1 aromatic heterocycles. The van der Waals surface area contributed by atoms with Gasteiger partial charge in [-0.25, -0.2) is 9.67 Å². The molecule has 0 bridgehead atoms. The molecular weight excluding hydrogens is 360 g/mol. The Morgan fingerprint density at radius 3 is 2.68 bits per heavy atom. The van der Waals surface area contributed by atoms with Crippen LogP contribution in [0.3, 0.4) is 0 Å². The highest BCUT2D eigenvalue weighted by Crippen LogP contribution is 2.48. The van der Waals surface area contributed by atoms with Gasteiger partial charge in [0.05, 0.1) is 5.69 Å². The maximum atomic E-state index is 12.1. The monoisotopic (exact) mass is 378 g/mol. The molecule has 1 amide bonds. The van der Waals surface area contributed by atoms with E-state index in [0.717, 1.165) is 11.4 Å². The van der Waals surface area contributed by atoms with E-state index in [4.69, 9.17) is 19.9 Å². The van der Waals surface area contributed by atoms with Gasteiger partial charge in [0.1, 0.15) is 23.6 Å². The Hall–Kier alpha value is -3.55. The third-order valence-corrected chi connectivity index (χ3v) is 5.01. The van der Waals surface area contributed by atoms with Gasteiger partial charge in [0.15, 0.2) is 17.3 Å². The fourth-order valence-electron chi connectivity index (χ4n) is 3.29. The van der Waals surface area contributed by atoms with Gasteiger partial charge in [0.2, 0.25) is 12.7 Å². The van der Waals surface area contributed by atoms with E-state index < -0.39 is 11.3 Å². The summed E-state index contributed by atoms with van der Waals surface area (Å²) < 4.78 is 18.3. The molecule has 2 aromatic carbocycles. The predicted molar refractivity (Wildman–Crippen MR) is 98.4 cm³/mol. The lowest BCUT2D eigenvalue weighted by Gasteiger charge is -2.12. The molecule has 142 valence electrons. The molecule has 0 unspecified atom stereocenters. The molecule has 28 heavy (non-hydrogen) atoms. The number of para-hydroxylation sites is 1. The number of ether oxygens (including phenoxy) is 3. The number of hydrogen-bond acceptors (Lipinski definition) is 6. The number of nitrogens with two attached hydrogens (primary N) is 1. The van der Waals surface area contributed by atoms with Gasteiger partial charge in [-0.3, -0.25) is 4.79 Å². The van der Waals surface area contributed by atoms with Gasteiger partial charge in [0, 0.05) is 6.07 Å². The Morgan fingerprint density at radius 1 is 1.14 bits per heavy atom. The fraction of sp³-hybridized carbons (Fsp3) is 0.250. The van der Waals surface area contributed by atoms with Gasteiger partial charge in [0.25, 0.3) is 0 Å². The van der Waals surface area contributed by atoms with Crippen LogP contribution in [0.15, 0.2) is 48.5 Å². The molecule has 0 atom stereocenters. The van der Waals surface area contributed by atoms with E-state index in [0.29, 0.717) is 36.0 Å². The molecule has 1 aliphatic heterocycles. The van der Waals surface area contributed by atoms with E-state index in [1.807, 2.05) is 48.5 Å². The summed E-state index contributed by atoms with van der Waals surface area (Å²) >= 11 is 0. The van der Waals surface area contributed by atoms with Crippen LogP contribution in [0.25, 0.3) is 5.69 Å². The minimum absolute atomic E-state index is 0.184. The third-order valence-electron chi connectivity index (χ3n) is 5.01. The molecule has 5 rings (SSSR count). The van der Waals surface area contributed by atoms with Crippen LogP contribution in [0, 0.1) is 0 Å². The van der Waals surface area contributed by atoms with E-state index in [2.05, 4.69) is 10.1 Å². The Kier molecular flexibility index (Phi) is 3.71. The molecule has 8 nitrogen and oxygen atoms in total. The van der Waals surface area contributed by atoms with Crippen molar-refractivity contribution in [3.05, 3.63) is 60.2 Å². The summed E-state index contributed by atoms with van der Waals surface area (Å²) in [6.45, 7) is 0.369. The number of benzene rings is 2. The Morgan fingerprint density at radius 2 is 1.93 bits per heavy atom. The zero-order valence-electron chi connectivity index (χ0n) is 15.0. The van der Waals surface area contributed by atoms with Crippen LogP contribution in [-0.4, -0.2) is 27.5 Å². The SMILES string of the molecule is NC(=O)C1(c2nc(COc3ccccc3)nn2-c2ccc3c(c2)OCO3)CC1. The summed E-state index contributed by atoms with van der Waals surface area (Å²) in [7, 11) is 0. The number of amides is 1. The lowest BCUT2D eigenvalue weighted by atomic mass is 10.1. The van der Waals surface area contributed by atoms with Crippen LogP contribution in [0.4, 0.5) is 0 Å². The number of carbonyl (C=O) groups excluding carboxylic acids is 1. The van der Waals surface area contributed by atoms with Crippen molar-refractivity contribution < 1.29 is 19.0 Å².